The van der Waals surface area contributed by atoms with Crippen LogP contribution < -0.4 is 5.32 Å². The van der Waals surface area contributed by atoms with Gasteiger partial charge in [-0.1, -0.05) is 35.9 Å². The van der Waals surface area contributed by atoms with E-state index in [1.807, 2.05) is 19.1 Å². The zero-order chi connectivity index (χ0) is 12.5. The minimum absolute atomic E-state index is 0.00973. The third-order valence-electron chi connectivity index (χ3n) is 3.56. The Morgan fingerprint density at radius 3 is 2.76 bits per heavy atom. The fourth-order valence-electron chi connectivity index (χ4n) is 2.05. The van der Waals surface area contributed by atoms with Crippen molar-refractivity contribution in [2.75, 3.05) is 5.32 Å². The zero-order valence-electron chi connectivity index (χ0n) is 10.5. The second kappa shape index (κ2) is 4.58. The van der Waals surface area contributed by atoms with Gasteiger partial charge in [0.25, 0.3) is 0 Å². The number of anilines is 1. The van der Waals surface area contributed by atoms with E-state index >= 15 is 0 Å². The summed E-state index contributed by atoms with van der Waals surface area (Å²) in [4.78, 5) is 0. The fourth-order valence-corrected chi connectivity index (χ4v) is 2.23. The van der Waals surface area contributed by atoms with Crippen molar-refractivity contribution in [3.8, 4) is 0 Å². The maximum atomic E-state index is 6.14. The van der Waals surface area contributed by atoms with Crippen LogP contribution in [-0.2, 0) is 0 Å². The fraction of sp³-hybridized carbons (Fsp3) is 0.333. The van der Waals surface area contributed by atoms with E-state index in [0.717, 1.165) is 22.7 Å². The average molecular weight is 248 g/mol. The quantitative estimate of drug-likeness (QED) is 0.797. The summed E-state index contributed by atoms with van der Waals surface area (Å²) >= 11 is 6.14. The molecule has 0 fully saturated rings. The average Bonchev–Trinajstić information content (AvgIpc) is 2.29. The molecule has 2 rings (SSSR count). The van der Waals surface area contributed by atoms with Crippen molar-refractivity contribution in [2.45, 2.75) is 32.7 Å². The lowest BCUT2D eigenvalue weighted by atomic mass is 9.85. The van der Waals surface area contributed by atoms with Gasteiger partial charge >= 0.3 is 0 Å². The summed E-state index contributed by atoms with van der Waals surface area (Å²) in [6.45, 7) is 6.44. The molecule has 0 saturated heterocycles. The van der Waals surface area contributed by atoms with Crippen molar-refractivity contribution in [1.82, 2.24) is 0 Å². The lowest BCUT2D eigenvalue weighted by Crippen LogP contribution is -2.36. The minimum atomic E-state index is -0.00973. The van der Waals surface area contributed by atoms with Crippen LogP contribution in [0.15, 0.2) is 42.0 Å². The summed E-state index contributed by atoms with van der Waals surface area (Å²) < 4.78 is 0. The van der Waals surface area contributed by atoms with E-state index in [4.69, 9.17) is 11.6 Å². The number of benzene rings is 1. The van der Waals surface area contributed by atoms with E-state index < -0.39 is 0 Å². The van der Waals surface area contributed by atoms with Crippen LogP contribution in [-0.4, -0.2) is 5.54 Å². The highest BCUT2D eigenvalue weighted by Gasteiger charge is 2.26. The molecule has 1 atom stereocenters. The standard InChI is InChI=1S/C15H18ClN/c1-11-7-4-5-10-15(11,3)17-14-9-6-8-13(16)12(14)2/h4-9,17H,10H2,1-3H3. The molecule has 2 heteroatoms. The molecule has 0 radical (unpaired) electrons. The smallest absolute Gasteiger partial charge is 0.0592 e. The monoisotopic (exact) mass is 247 g/mol. The largest absolute Gasteiger partial charge is 0.376 e. The molecule has 1 N–H and O–H groups in total. The number of hydrogen-bond acceptors (Lipinski definition) is 1. The lowest BCUT2D eigenvalue weighted by Gasteiger charge is -2.34. The van der Waals surface area contributed by atoms with Gasteiger partial charge in [-0.15, -0.1) is 0 Å². The van der Waals surface area contributed by atoms with Crippen molar-refractivity contribution in [1.29, 1.82) is 0 Å². The van der Waals surface area contributed by atoms with Gasteiger partial charge in [-0.05, 0) is 50.5 Å². The normalized spacial score (nSPS) is 23.4. The van der Waals surface area contributed by atoms with Crippen molar-refractivity contribution < 1.29 is 0 Å². The molecule has 0 spiro atoms. The SMILES string of the molecule is CC1=CC=CCC1(C)Nc1cccc(Cl)c1C. The molecule has 1 aromatic carbocycles. The lowest BCUT2D eigenvalue weighted by molar-refractivity contribution is 0.600. The highest BCUT2D eigenvalue weighted by Crippen LogP contribution is 2.32. The third-order valence-corrected chi connectivity index (χ3v) is 3.97. The molecule has 0 bridgehead atoms. The number of nitrogens with one attached hydrogen (secondary N) is 1. The van der Waals surface area contributed by atoms with Crippen LogP contribution in [0.5, 0.6) is 0 Å². The van der Waals surface area contributed by atoms with E-state index in [9.17, 15) is 0 Å². The van der Waals surface area contributed by atoms with Crippen LogP contribution >= 0.6 is 11.6 Å². The van der Waals surface area contributed by atoms with Gasteiger partial charge in [0.05, 0.1) is 5.54 Å². The van der Waals surface area contributed by atoms with E-state index in [1.54, 1.807) is 0 Å². The summed E-state index contributed by atoms with van der Waals surface area (Å²) in [5.41, 5.74) is 3.56. The molecule has 0 heterocycles. The maximum absolute atomic E-state index is 6.14. The first-order valence-electron chi connectivity index (χ1n) is 5.90. The van der Waals surface area contributed by atoms with E-state index in [1.165, 1.54) is 5.57 Å². The Labute approximate surface area is 108 Å². The topological polar surface area (TPSA) is 12.0 Å². The van der Waals surface area contributed by atoms with Crippen LogP contribution in [0.1, 0.15) is 25.8 Å². The van der Waals surface area contributed by atoms with Gasteiger partial charge in [0.1, 0.15) is 0 Å². The summed E-state index contributed by atoms with van der Waals surface area (Å²) in [5.74, 6) is 0. The van der Waals surface area contributed by atoms with Gasteiger partial charge in [0, 0.05) is 10.7 Å². The van der Waals surface area contributed by atoms with Crippen molar-refractivity contribution >= 4 is 17.3 Å². The summed E-state index contributed by atoms with van der Waals surface area (Å²) in [6, 6.07) is 5.99. The molecule has 17 heavy (non-hydrogen) atoms. The van der Waals surface area contributed by atoms with Gasteiger partial charge in [0.2, 0.25) is 0 Å². The zero-order valence-corrected chi connectivity index (χ0v) is 11.3. The minimum Gasteiger partial charge on any atom is -0.376 e. The Morgan fingerprint density at radius 2 is 2.06 bits per heavy atom. The molecular formula is C15H18ClN. The number of allylic oxidation sites excluding steroid dienone is 2. The predicted molar refractivity (Wildman–Crippen MR) is 75.7 cm³/mol. The van der Waals surface area contributed by atoms with E-state index in [-0.39, 0.29) is 5.54 Å². The summed E-state index contributed by atoms with van der Waals surface area (Å²) in [6.07, 6.45) is 7.47. The number of halogens is 1. The van der Waals surface area contributed by atoms with Crippen LogP contribution in [0, 0.1) is 6.92 Å². The molecule has 0 aromatic heterocycles. The highest BCUT2D eigenvalue weighted by atomic mass is 35.5. The van der Waals surface area contributed by atoms with Crippen LogP contribution in [0.2, 0.25) is 5.02 Å². The first-order valence-corrected chi connectivity index (χ1v) is 6.28. The van der Waals surface area contributed by atoms with Crippen molar-refractivity contribution in [3.05, 3.63) is 52.6 Å². The second-order valence-electron chi connectivity index (χ2n) is 4.85. The molecule has 1 aromatic rings. The predicted octanol–water partition coefficient (Wildman–Crippen LogP) is 4.73. The highest BCUT2D eigenvalue weighted by molar-refractivity contribution is 6.31. The first kappa shape index (κ1) is 12.3. The van der Waals surface area contributed by atoms with Crippen LogP contribution in [0.25, 0.3) is 0 Å². The molecule has 0 aliphatic heterocycles. The number of hydrogen-bond donors (Lipinski definition) is 1. The molecule has 1 nitrogen and oxygen atoms in total. The molecule has 1 aliphatic carbocycles. The molecular weight excluding hydrogens is 230 g/mol. The summed E-state index contributed by atoms with van der Waals surface area (Å²) in [5, 5.41) is 4.42. The Morgan fingerprint density at radius 1 is 1.29 bits per heavy atom. The Kier molecular flexibility index (Phi) is 3.30. The number of rotatable bonds is 2. The first-order chi connectivity index (χ1) is 8.03. The van der Waals surface area contributed by atoms with E-state index in [2.05, 4.69) is 43.5 Å². The van der Waals surface area contributed by atoms with Crippen molar-refractivity contribution in [2.24, 2.45) is 0 Å². The molecule has 1 unspecified atom stereocenters. The van der Waals surface area contributed by atoms with Gasteiger partial charge in [0.15, 0.2) is 0 Å². The van der Waals surface area contributed by atoms with Gasteiger partial charge in [-0.25, -0.2) is 0 Å². The van der Waals surface area contributed by atoms with E-state index in [0.29, 0.717) is 0 Å². The van der Waals surface area contributed by atoms with Crippen LogP contribution in [0.3, 0.4) is 0 Å². The molecule has 90 valence electrons. The molecule has 0 saturated carbocycles. The second-order valence-corrected chi connectivity index (χ2v) is 5.26. The van der Waals surface area contributed by atoms with Gasteiger partial charge < -0.3 is 5.32 Å². The Hall–Kier alpha value is -1.21. The van der Waals surface area contributed by atoms with Crippen LogP contribution in [0.4, 0.5) is 5.69 Å². The Balaban J connectivity index is 2.30. The Bertz CT molecular complexity index is 488. The molecule has 0 amide bonds. The third kappa shape index (κ3) is 2.39. The van der Waals surface area contributed by atoms with Crippen molar-refractivity contribution in [3.63, 3.8) is 0 Å². The van der Waals surface area contributed by atoms with Gasteiger partial charge in [-0.2, -0.15) is 0 Å². The molecule has 1 aliphatic rings. The summed E-state index contributed by atoms with van der Waals surface area (Å²) in [7, 11) is 0. The maximum Gasteiger partial charge on any atom is 0.0592 e. The van der Waals surface area contributed by atoms with Gasteiger partial charge in [-0.3, -0.25) is 0 Å².